The van der Waals surface area contributed by atoms with Crippen molar-refractivity contribution >= 4 is 40.6 Å². The highest BCUT2D eigenvalue weighted by atomic mass is 35.5. The fraction of sp³-hybridized carbons (Fsp3) is 0.238. The molecule has 0 N–H and O–H groups in total. The number of carbonyl (C=O) groups excluding carboxylic acids is 1. The molecule has 1 aliphatic heterocycles. The molecule has 3 aromatic rings. The molecular formula is C21H19ClN2OS2. The minimum Gasteiger partial charge on any atom is -0.336 e. The minimum absolute atomic E-state index is 0.0221. The summed E-state index contributed by atoms with van der Waals surface area (Å²) in [7, 11) is 0. The first kappa shape index (κ1) is 18.5. The second kappa shape index (κ2) is 8.46. The summed E-state index contributed by atoms with van der Waals surface area (Å²) >= 11 is 9.76. The molecule has 1 saturated heterocycles. The van der Waals surface area contributed by atoms with Gasteiger partial charge in [0.25, 0.3) is 5.91 Å². The average molecular weight is 415 g/mol. The Labute approximate surface area is 172 Å². The van der Waals surface area contributed by atoms with E-state index in [4.69, 9.17) is 11.6 Å². The van der Waals surface area contributed by atoms with E-state index < -0.39 is 0 Å². The van der Waals surface area contributed by atoms with Crippen molar-refractivity contribution in [2.45, 2.75) is 11.7 Å². The molecule has 3 nitrogen and oxygen atoms in total. The van der Waals surface area contributed by atoms with E-state index in [0.717, 1.165) is 40.9 Å². The number of amides is 1. The summed E-state index contributed by atoms with van der Waals surface area (Å²) < 4.78 is 0. The van der Waals surface area contributed by atoms with Gasteiger partial charge in [0.15, 0.2) is 0 Å². The van der Waals surface area contributed by atoms with Crippen molar-refractivity contribution in [2.24, 2.45) is 0 Å². The number of carbonyl (C=O) groups is 1. The highest BCUT2D eigenvalue weighted by Crippen LogP contribution is 2.38. The lowest BCUT2D eigenvalue weighted by molar-refractivity contribution is 0.0761. The van der Waals surface area contributed by atoms with Gasteiger partial charge in [0.05, 0.1) is 0 Å². The molecular weight excluding hydrogens is 396 g/mol. The lowest BCUT2D eigenvalue weighted by Crippen LogP contribution is -2.33. The molecule has 1 unspecified atom stereocenters. The molecule has 1 atom stereocenters. The smallest absolute Gasteiger partial charge is 0.273 e. The Morgan fingerprint density at radius 1 is 1.07 bits per heavy atom. The van der Waals surface area contributed by atoms with E-state index in [2.05, 4.69) is 11.1 Å². The number of nitrogens with zero attached hydrogens (tertiary/aromatic N) is 2. The molecule has 1 amide bonds. The normalized spacial score (nSPS) is 17.5. The predicted molar refractivity (Wildman–Crippen MR) is 115 cm³/mol. The minimum atomic E-state index is 0.0221. The molecule has 1 fully saturated rings. The first-order chi connectivity index (χ1) is 13.2. The molecule has 1 aromatic heterocycles. The first-order valence-corrected chi connectivity index (χ1v) is 11.2. The van der Waals surface area contributed by atoms with E-state index in [9.17, 15) is 4.79 Å². The zero-order valence-electron chi connectivity index (χ0n) is 14.7. The Kier molecular flexibility index (Phi) is 5.81. The van der Waals surface area contributed by atoms with E-state index >= 15 is 0 Å². The molecule has 0 radical (unpaired) electrons. The molecule has 27 heavy (non-hydrogen) atoms. The van der Waals surface area contributed by atoms with Gasteiger partial charge in [-0.1, -0.05) is 60.1 Å². The van der Waals surface area contributed by atoms with E-state index in [-0.39, 0.29) is 5.91 Å². The molecule has 6 heteroatoms. The number of hydrogen-bond acceptors (Lipinski definition) is 4. The summed E-state index contributed by atoms with van der Waals surface area (Å²) in [6.07, 6.45) is 0.899. The lowest BCUT2D eigenvalue weighted by Gasteiger charge is -2.19. The van der Waals surface area contributed by atoms with Gasteiger partial charge in [0, 0.05) is 40.1 Å². The lowest BCUT2D eigenvalue weighted by atomic mass is 10.1. The molecule has 0 spiro atoms. The third kappa shape index (κ3) is 4.21. The fourth-order valence-corrected chi connectivity index (χ4v) is 5.60. The van der Waals surface area contributed by atoms with Crippen molar-refractivity contribution in [3.8, 4) is 10.6 Å². The van der Waals surface area contributed by atoms with Gasteiger partial charge in [-0.15, -0.1) is 11.3 Å². The summed E-state index contributed by atoms with van der Waals surface area (Å²) in [5.74, 6) is 0.922. The number of thiazole rings is 1. The Morgan fingerprint density at radius 2 is 1.85 bits per heavy atom. The van der Waals surface area contributed by atoms with Gasteiger partial charge in [-0.05, 0) is 18.1 Å². The van der Waals surface area contributed by atoms with Crippen LogP contribution in [0.3, 0.4) is 0 Å². The Hall–Kier alpha value is -1.82. The number of rotatable bonds is 3. The maximum absolute atomic E-state index is 12.9. The fourth-order valence-electron chi connectivity index (χ4n) is 3.21. The second-order valence-electron chi connectivity index (χ2n) is 6.37. The highest BCUT2D eigenvalue weighted by Gasteiger charge is 2.25. The van der Waals surface area contributed by atoms with Crippen molar-refractivity contribution in [1.29, 1.82) is 0 Å². The van der Waals surface area contributed by atoms with Crippen LogP contribution in [0, 0.1) is 0 Å². The zero-order chi connectivity index (χ0) is 18.6. The van der Waals surface area contributed by atoms with Crippen molar-refractivity contribution in [2.75, 3.05) is 18.8 Å². The number of aromatic nitrogens is 1. The number of benzene rings is 2. The monoisotopic (exact) mass is 414 g/mol. The van der Waals surface area contributed by atoms with E-state index in [1.807, 2.05) is 70.6 Å². The molecule has 0 bridgehead atoms. The summed E-state index contributed by atoms with van der Waals surface area (Å²) in [5, 5.41) is 3.89. The van der Waals surface area contributed by atoms with Crippen LogP contribution in [-0.2, 0) is 0 Å². The van der Waals surface area contributed by atoms with Gasteiger partial charge in [0.1, 0.15) is 10.7 Å². The van der Waals surface area contributed by atoms with E-state index in [0.29, 0.717) is 10.9 Å². The van der Waals surface area contributed by atoms with Crippen LogP contribution in [0.5, 0.6) is 0 Å². The van der Waals surface area contributed by atoms with Crippen LogP contribution >= 0.6 is 34.7 Å². The molecule has 2 aromatic carbocycles. The van der Waals surface area contributed by atoms with E-state index in [1.54, 1.807) is 0 Å². The number of thioether (sulfide) groups is 1. The Bertz CT molecular complexity index is 929. The Balaban J connectivity index is 1.46. The maximum atomic E-state index is 12.9. The van der Waals surface area contributed by atoms with Crippen molar-refractivity contribution in [3.05, 3.63) is 76.3 Å². The molecule has 1 aliphatic rings. The topological polar surface area (TPSA) is 33.2 Å². The predicted octanol–water partition coefficient (Wildman–Crippen LogP) is 5.78. The van der Waals surface area contributed by atoms with Crippen LogP contribution in [0.4, 0.5) is 0 Å². The van der Waals surface area contributed by atoms with Crippen molar-refractivity contribution in [3.63, 3.8) is 0 Å². The van der Waals surface area contributed by atoms with Crippen LogP contribution in [0.2, 0.25) is 5.02 Å². The first-order valence-electron chi connectivity index (χ1n) is 8.88. The summed E-state index contributed by atoms with van der Waals surface area (Å²) in [5.41, 5.74) is 2.75. The molecule has 0 saturated carbocycles. The van der Waals surface area contributed by atoms with Crippen LogP contribution < -0.4 is 0 Å². The highest BCUT2D eigenvalue weighted by molar-refractivity contribution is 7.99. The zero-order valence-corrected chi connectivity index (χ0v) is 17.1. The SMILES string of the molecule is O=C(c1csc(-c2ccccc2)n1)N1CCSC(c2ccccc2Cl)CC1. The maximum Gasteiger partial charge on any atom is 0.273 e. The summed E-state index contributed by atoms with van der Waals surface area (Å²) in [6.45, 7) is 1.46. The molecule has 0 aliphatic carbocycles. The van der Waals surface area contributed by atoms with Gasteiger partial charge in [-0.2, -0.15) is 11.8 Å². The molecule has 138 valence electrons. The third-order valence-corrected chi connectivity index (χ3v) is 7.17. The van der Waals surface area contributed by atoms with Crippen LogP contribution in [0.1, 0.15) is 27.7 Å². The van der Waals surface area contributed by atoms with Gasteiger partial charge in [-0.25, -0.2) is 4.98 Å². The largest absolute Gasteiger partial charge is 0.336 e. The van der Waals surface area contributed by atoms with Crippen molar-refractivity contribution < 1.29 is 4.79 Å². The quantitative estimate of drug-likeness (QED) is 0.544. The summed E-state index contributed by atoms with van der Waals surface area (Å²) in [6, 6.07) is 18.0. The summed E-state index contributed by atoms with van der Waals surface area (Å²) in [4.78, 5) is 19.4. The van der Waals surface area contributed by atoms with Crippen LogP contribution in [-0.4, -0.2) is 34.6 Å². The standard InChI is InChI=1S/C21H19ClN2OS2/c22-17-9-5-4-8-16(17)19-10-11-24(12-13-26-19)21(25)18-14-27-20(23-18)15-6-2-1-3-7-15/h1-9,14,19H,10-13H2. The van der Waals surface area contributed by atoms with Gasteiger partial charge in [-0.3, -0.25) is 4.79 Å². The van der Waals surface area contributed by atoms with E-state index in [1.165, 1.54) is 16.9 Å². The molecule has 4 rings (SSSR count). The average Bonchev–Trinajstić information content (AvgIpc) is 3.07. The van der Waals surface area contributed by atoms with Gasteiger partial charge >= 0.3 is 0 Å². The molecule has 2 heterocycles. The Morgan fingerprint density at radius 3 is 2.67 bits per heavy atom. The second-order valence-corrected chi connectivity index (χ2v) is 8.94. The van der Waals surface area contributed by atoms with Crippen LogP contribution in [0.15, 0.2) is 60.0 Å². The van der Waals surface area contributed by atoms with Crippen molar-refractivity contribution in [1.82, 2.24) is 9.88 Å². The number of hydrogen-bond donors (Lipinski definition) is 0. The third-order valence-electron chi connectivity index (χ3n) is 4.62. The van der Waals surface area contributed by atoms with Gasteiger partial charge in [0.2, 0.25) is 0 Å². The number of halogens is 1. The van der Waals surface area contributed by atoms with Gasteiger partial charge < -0.3 is 4.90 Å². The van der Waals surface area contributed by atoms with Crippen LogP contribution in [0.25, 0.3) is 10.6 Å².